The van der Waals surface area contributed by atoms with Gasteiger partial charge in [-0.25, -0.2) is 0 Å². The first-order valence-electron chi connectivity index (χ1n) is 17.2. The molecule has 43 heavy (non-hydrogen) atoms. The maximum Gasteiger partial charge on any atom is 0.305 e. The minimum atomic E-state index is -2.01. The van der Waals surface area contributed by atoms with E-state index in [0.717, 1.165) is 25.7 Å². The molecule has 2 rings (SSSR count). The predicted octanol–water partition coefficient (Wildman–Crippen LogP) is 9.97. The van der Waals surface area contributed by atoms with E-state index in [-0.39, 0.29) is 46.2 Å². The van der Waals surface area contributed by atoms with Crippen molar-refractivity contribution in [2.45, 2.75) is 174 Å². The highest BCUT2D eigenvalue weighted by Crippen LogP contribution is 2.52. The van der Waals surface area contributed by atoms with Gasteiger partial charge in [-0.3, -0.25) is 4.79 Å². The Morgan fingerprint density at radius 1 is 1.00 bits per heavy atom. The molecule has 5 atom stereocenters. The van der Waals surface area contributed by atoms with Gasteiger partial charge >= 0.3 is 5.97 Å². The van der Waals surface area contributed by atoms with E-state index in [0.29, 0.717) is 18.3 Å². The predicted molar refractivity (Wildman–Crippen MR) is 186 cm³/mol. The van der Waals surface area contributed by atoms with Gasteiger partial charge in [0.05, 0.1) is 25.4 Å². The van der Waals surface area contributed by atoms with Crippen LogP contribution in [-0.2, 0) is 18.4 Å². The Hall–Kier alpha value is -0.736. The van der Waals surface area contributed by atoms with Crippen LogP contribution in [-0.4, -0.2) is 53.1 Å². The second-order valence-corrected chi connectivity index (χ2v) is 26.1. The number of hydrogen-bond donors (Lipinski definition) is 1. The molecule has 0 radical (unpaired) electrons. The number of allylic oxidation sites excluding steroid dienone is 2. The van der Waals surface area contributed by atoms with Crippen LogP contribution in [0, 0.1) is 17.3 Å². The molecule has 1 N–H and O–H groups in total. The van der Waals surface area contributed by atoms with E-state index in [1.807, 2.05) is 0 Å². The van der Waals surface area contributed by atoms with Crippen molar-refractivity contribution in [1.82, 2.24) is 0 Å². The van der Waals surface area contributed by atoms with Gasteiger partial charge < -0.3 is 18.7 Å². The molecule has 0 spiro atoms. The lowest BCUT2D eigenvalue weighted by molar-refractivity contribution is -0.140. The summed E-state index contributed by atoms with van der Waals surface area (Å²) in [6.45, 7) is 25.6. The number of esters is 1. The lowest BCUT2D eigenvalue weighted by Crippen LogP contribution is -2.51. The van der Waals surface area contributed by atoms with Crippen LogP contribution < -0.4 is 0 Å². The van der Waals surface area contributed by atoms with Crippen molar-refractivity contribution >= 4 is 22.6 Å². The molecular weight excluding hydrogens is 569 g/mol. The van der Waals surface area contributed by atoms with E-state index in [4.69, 9.17) is 13.6 Å². The summed E-state index contributed by atoms with van der Waals surface area (Å²) in [5.41, 5.74) is 0.299. The number of aliphatic hydroxyl groups is 1. The summed E-state index contributed by atoms with van der Waals surface area (Å²) >= 11 is 0. The van der Waals surface area contributed by atoms with Crippen LogP contribution in [0.1, 0.15) is 119 Å². The van der Waals surface area contributed by atoms with Gasteiger partial charge in [-0.15, -0.1) is 0 Å². The van der Waals surface area contributed by atoms with Crippen molar-refractivity contribution in [3.8, 4) is 0 Å². The third kappa shape index (κ3) is 10.4. The van der Waals surface area contributed by atoms with Crippen LogP contribution in [0.2, 0.25) is 36.3 Å². The van der Waals surface area contributed by atoms with E-state index in [1.54, 1.807) is 0 Å². The highest BCUT2D eigenvalue weighted by Gasteiger charge is 2.49. The number of methoxy groups -OCH3 is 1. The molecule has 0 aromatic rings. The van der Waals surface area contributed by atoms with Crippen LogP contribution in [0.5, 0.6) is 0 Å². The van der Waals surface area contributed by atoms with E-state index in [9.17, 15) is 9.90 Å². The van der Waals surface area contributed by atoms with E-state index in [1.165, 1.54) is 39.2 Å². The lowest BCUT2D eigenvalue weighted by Gasteiger charge is -2.51. The van der Waals surface area contributed by atoms with Gasteiger partial charge in [-0.05, 0) is 99.0 Å². The summed E-state index contributed by atoms with van der Waals surface area (Å²) in [5.74, 6) is 0.130. The van der Waals surface area contributed by atoms with Gasteiger partial charge in [0.25, 0.3) is 0 Å². The molecule has 1 unspecified atom stereocenters. The minimum Gasteiger partial charge on any atom is -0.469 e. The summed E-state index contributed by atoms with van der Waals surface area (Å²) in [6, 6.07) is 0. The molecule has 2 aliphatic rings. The molecule has 0 aromatic carbocycles. The second kappa shape index (κ2) is 15.7. The minimum absolute atomic E-state index is 0.0259. The molecule has 2 fully saturated rings. The first kappa shape index (κ1) is 38.4. The average molecular weight is 637 g/mol. The van der Waals surface area contributed by atoms with Crippen molar-refractivity contribution in [2.75, 3.05) is 7.11 Å². The Bertz CT molecular complexity index is 923. The molecule has 0 bridgehead atoms. The number of carbonyl (C=O) groups excluding carboxylic acids is 1. The molecule has 5 nitrogen and oxygen atoms in total. The van der Waals surface area contributed by atoms with Crippen LogP contribution in [0.4, 0.5) is 0 Å². The maximum absolute atomic E-state index is 11.5. The zero-order valence-corrected chi connectivity index (χ0v) is 32.1. The molecule has 0 saturated heterocycles. The quantitative estimate of drug-likeness (QED) is 0.0790. The van der Waals surface area contributed by atoms with Gasteiger partial charge in [-0.1, -0.05) is 85.6 Å². The first-order chi connectivity index (χ1) is 19.8. The summed E-state index contributed by atoms with van der Waals surface area (Å²) < 4.78 is 19.0. The zero-order chi connectivity index (χ0) is 32.7. The van der Waals surface area contributed by atoms with Gasteiger partial charge in [0.2, 0.25) is 0 Å². The SMILES string of the molecule is CCCC1(C(CC=C[C@@H]2[C@@H](CC=CCCCC(=O)OC)[C@H](O)C[C@H]2O[Si](C)(C)C(C)(C)C)O[Si](C)(C)C(C)(C)C)CCC1. The number of carbonyl (C=O) groups is 1. The van der Waals surface area contributed by atoms with Gasteiger partial charge in [-0.2, -0.15) is 0 Å². The number of aliphatic hydroxyl groups excluding tert-OH is 1. The van der Waals surface area contributed by atoms with Gasteiger partial charge in [0, 0.05) is 12.3 Å². The van der Waals surface area contributed by atoms with Crippen LogP contribution in [0.15, 0.2) is 24.3 Å². The fourth-order valence-corrected chi connectivity index (χ4v) is 9.15. The smallest absolute Gasteiger partial charge is 0.305 e. The number of hydrogen-bond acceptors (Lipinski definition) is 5. The first-order valence-corrected chi connectivity index (χ1v) is 23.0. The fraction of sp³-hybridized carbons (Fsp3) is 0.861. The highest BCUT2D eigenvalue weighted by atomic mass is 28.4. The van der Waals surface area contributed by atoms with Crippen LogP contribution >= 0.6 is 0 Å². The summed E-state index contributed by atoms with van der Waals surface area (Å²) in [5, 5.41) is 11.6. The normalized spacial score (nSPS) is 25.8. The number of unbranched alkanes of at least 4 members (excludes halogenated alkanes) is 1. The zero-order valence-electron chi connectivity index (χ0n) is 30.1. The summed E-state index contributed by atoms with van der Waals surface area (Å²) in [4.78, 5) is 11.5. The topological polar surface area (TPSA) is 65.0 Å². The van der Waals surface area contributed by atoms with Crippen molar-refractivity contribution < 1.29 is 23.5 Å². The Labute approximate surface area is 267 Å². The number of rotatable bonds is 16. The van der Waals surface area contributed by atoms with E-state index >= 15 is 0 Å². The van der Waals surface area contributed by atoms with E-state index in [2.05, 4.69) is 99.0 Å². The van der Waals surface area contributed by atoms with Crippen molar-refractivity contribution in [3.05, 3.63) is 24.3 Å². The third-order valence-corrected chi connectivity index (χ3v) is 20.4. The van der Waals surface area contributed by atoms with Gasteiger partial charge in [0.1, 0.15) is 0 Å². The molecule has 0 aliphatic heterocycles. The largest absolute Gasteiger partial charge is 0.469 e. The molecule has 7 heteroatoms. The molecule has 2 saturated carbocycles. The highest BCUT2D eigenvalue weighted by molar-refractivity contribution is 6.74. The standard InChI is InChI=1S/C36H68O5Si2/c1-13-24-36(25-19-26-36)32(41-43(11,12)35(5,6)7)22-18-21-29-28(20-16-14-15-17-23-33(38)39-8)30(37)27-31(29)40-42(9,10)34(2,3)4/h14,16,18,21,28-32,37H,13,15,17,19-20,22-27H2,1-12H3/t28-,29-,30-,31-,32?/m1/s1. The van der Waals surface area contributed by atoms with Crippen LogP contribution in [0.25, 0.3) is 0 Å². The molecule has 2 aliphatic carbocycles. The monoisotopic (exact) mass is 636 g/mol. The second-order valence-electron chi connectivity index (χ2n) is 16.6. The van der Waals surface area contributed by atoms with Crippen molar-refractivity contribution in [3.63, 3.8) is 0 Å². The Kier molecular flexibility index (Phi) is 14.0. The Balaban J connectivity index is 2.29. The Morgan fingerprint density at radius 3 is 2.14 bits per heavy atom. The Morgan fingerprint density at radius 2 is 1.63 bits per heavy atom. The third-order valence-electron chi connectivity index (χ3n) is 11.4. The lowest BCUT2D eigenvalue weighted by atomic mass is 9.62. The van der Waals surface area contributed by atoms with Gasteiger partial charge in [0.15, 0.2) is 16.6 Å². The molecule has 0 heterocycles. The van der Waals surface area contributed by atoms with Crippen LogP contribution in [0.3, 0.4) is 0 Å². The number of ether oxygens (including phenoxy) is 1. The van der Waals surface area contributed by atoms with E-state index < -0.39 is 16.6 Å². The molecule has 0 amide bonds. The molecule has 0 aromatic heterocycles. The average Bonchev–Trinajstić information content (AvgIpc) is 3.14. The molecular formula is C36H68O5Si2. The maximum atomic E-state index is 11.5. The fourth-order valence-electron chi connectivity index (χ4n) is 6.38. The van der Waals surface area contributed by atoms with Crippen molar-refractivity contribution in [2.24, 2.45) is 17.3 Å². The summed E-state index contributed by atoms with van der Waals surface area (Å²) in [6.07, 6.45) is 19.8. The molecule has 250 valence electrons. The summed E-state index contributed by atoms with van der Waals surface area (Å²) in [7, 11) is -2.50. The van der Waals surface area contributed by atoms with Crippen molar-refractivity contribution in [1.29, 1.82) is 0 Å².